The Labute approximate surface area is 115 Å². The molecule has 1 heterocycles. The topological polar surface area (TPSA) is 50.5 Å². The normalized spacial score (nSPS) is 14.4. The number of hydrogen-bond donors (Lipinski definition) is 1. The summed E-state index contributed by atoms with van der Waals surface area (Å²) in [5, 5.41) is 15.0. The molecule has 0 saturated heterocycles. The van der Waals surface area contributed by atoms with E-state index in [0.29, 0.717) is 12.2 Å². The summed E-state index contributed by atoms with van der Waals surface area (Å²) in [7, 11) is 5.62. The summed E-state index contributed by atoms with van der Waals surface area (Å²) in [5.74, 6) is 0.632. The summed E-state index contributed by atoms with van der Waals surface area (Å²) in [6, 6.07) is 0. The van der Waals surface area contributed by atoms with Gasteiger partial charge in [0.05, 0.1) is 19.9 Å². The van der Waals surface area contributed by atoms with Gasteiger partial charge in [-0.3, -0.25) is 4.68 Å². The highest BCUT2D eigenvalue weighted by Gasteiger charge is 2.30. The largest absolute Gasteiger partial charge is 0.493 e. The predicted octanol–water partition coefficient (Wildman–Crippen LogP) is 1.63. The molecule has 5 heteroatoms. The van der Waals surface area contributed by atoms with E-state index in [-0.39, 0.29) is 0 Å². The number of aromatic nitrogens is 2. The Morgan fingerprint density at radius 3 is 2.79 bits per heavy atom. The average Bonchev–Trinajstić information content (AvgIpc) is 2.77. The summed E-state index contributed by atoms with van der Waals surface area (Å²) in [4.78, 5) is 2.08. The average molecular weight is 267 g/mol. The molecule has 1 aromatic heterocycles. The number of allylic oxidation sites excluding steroid dienone is 1. The van der Waals surface area contributed by atoms with E-state index in [0.717, 1.165) is 25.2 Å². The standard InChI is InChI=1S/C14H25N3O2/c1-6-7-8-14(2,18)13-12(19-5)11-15-17(13)10-9-16(3)4/h6,11,18H,1,7-10H2,2-5H3. The van der Waals surface area contributed by atoms with Crippen molar-refractivity contribution >= 4 is 0 Å². The fraction of sp³-hybridized carbons (Fsp3) is 0.643. The van der Waals surface area contributed by atoms with Gasteiger partial charge in [-0.2, -0.15) is 5.10 Å². The second kappa shape index (κ2) is 6.73. The molecule has 1 unspecified atom stereocenters. The molecular weight excluding hydrogens is 242 g/mol. The number of rotatable bonds is 8. The number of hydrogen-bond acceptors (Lipinski definition) is 4. The van der Waals surface area contributed by atoms with Crippen molar-refractivity contribution in [1.29, 1.82) is 0 Å². The van der Waals surface area contributed by atoms with Crippen molar-refractivity contribution in [1.82, 2.24) is 14.7 Å². The molecule has 1 rings (SSSR count). The molecule has 19 heavy (non-hydrogen) atoms. The Morgan fingerprint density at radius 1 is 1.58 bits per heavy atom. The van der Waals surface area contributed by atoms with E-state index in [1.807, 2.05) is 24.9 Å². The third-order valence-electron chi connectivity index (χ3n) is 3.13. The number of ether oxygens (including phenoxy) is 1. The van der Waals surface area contributed by atoms with E-state index in [2.05, 4.69) is 16.6 Å². The zero-order valence-electron chi connectivity index (χ0n) is 12.4. The van der Waals surface area contributed by atoms with Gasteiger partial charge in [0.25, 0.3) is 0 Å². The van der Waals surface area contributed by atoms with E-state index < -0.39 is 5.60 Å². The van der Waals surface area contributed by atoms with Crippen LogP contribution in [0.25, 0.3) is 0 Å². The molecule has 0 aromatic carbocycles. The predicted molar refractivity (Wildman–Crippen MR) is 76.3 cm³/mol. The molecule has 0 spiro atoms. The molecule has 0 amide bonds. The summed E-state index contributed by atoms with van der Waals surface area (Å²) in [6.45, 7) is 7.07. The molecule has 5 nitrogen and oxygen atoms in total. The van der Waals surface area contributed by atoms with Crippen molar-refractivity contribution in [3.05, 3.63) is 24.5 Å². The van der Waals surface area contributed by atoms with Gasteiger partial charge in [0.15, 0.2) is 5.75 Å². The Bertz CT molecular complexity index is 411. The van der Waals surface area contributed by atoms with Crippen LogP contribution in [0.1, 0.15) is 25.5 Å². The molecule has 0 aliphatic rings. The third kappa shape index (κ3) is 4.08. The summed E-state index contributed by atoms with van der Waals surface area (Å²) in [5.41, 5.74) is -0.235. The van der Waals surface area contributed by atoms with Crippen LogP contribution < -0.4 is 4.74 Å². The van der Waals surface area contributed by atoms with E-state index in [4.69, 9.17) is 4.74 Å². The maximum atomic E-state index is 10.7. The van der Waals surface area contributed by atoms with Crippen LogP contribution in [0.3, 0.4) is 0 Å². The van der Waals surface area contributed by atoms with Gasteiger partial charge in [-0.05, 0) is 33.9 Å². The molecule has 0 bridgehead atoms. The zero-order chi connectivity index (χ0) is 14.5. The van der Waals surface area contributed by atoms with Gasteiger partial charge in [-0.1, -0.05) is 6.08 Å². The second-order valence-electron chi connectivity index (χ2n) is 5.19. The highest BCUT2D eigenvalue weighted by molar-refractivity contribution is 5.30. The van der Waals surface area contributed by atoms with Crippen molar-refractivity contribution in [3.63, 3.8) is 0 Å². The molecule has 1 aromatic rings. The van der Waals surface area contributed by atoms with Crippen LogP contribution in [0, 0.1) is 0 Å². The fourth-order valence-electron chi connectivity index (χ4n) is 2.03. The SMILES string of the molecule is C=CCCC(C)(O)c1c(OC)cnn1CCN(C)C. The van der Waals surface area contributed by atoms with Crippen molar-refractivity contribution in [2.24, 2.45) is 0 Å². The van der Waals surface area contributed by atoms with Crippen molar-refractivity contribution in [3.8, 4) is 5.75 Å². The van der Waals surface area contributed by atoms with Crippen LogP contribution in [0.4, 0.5) is 0 Å². The number of nitrogens with zero attached hydrogens (tertiary/aromatic N) is 3. The Hall–Kier alpha value is -1.33. The van der Waals surface area contributed by atoms with Gasteiger partial charge in [0, 0.05) is 6.54 Å². The third-order valence-corrected chi connectivity index (χ3v) is 3.13. The minimum Gasteiger partial charge on any atom is -0.493 e. The van der Waals surface area contributed by atoms with Gasteiger partial charge in [0.1, 0.15) is 11.3 Å². The fourth-order valence-corrected chi connectivity index (χ4v) is 2.03. The summed E-state index contributed by atoms with van der Waals surface area (Å²) >= 11 is 0. The smallest absolute Gasteiger partial charge is 0.162 e. The molecule has 1 atom stereocenters. The Morgan fingerprint density at radius 2 is 2.26 bits per heavy atom. The first-order chi connectivity index (χ1) is 8.92. The lowest BCUT2D eigenvalue weighted by atomic mass is 9.95. The highest BCUT2D eigenvalue weighted by Crippen LogP contribution is 2.33. The minimum absolute atomic E-state index is 0.598. The van der Waals surface area contributed by atoms with Crippen LogP contribution in [-0.2, 0) is 12.1 Å². The number of methoxy groups -OCH3 is 1. The van der Waals surface area contributed by atoms with Crippen molar-refractivity contribution < 1.29 is 9.84 Å². The quantitative estimate of drug-likeness (QED) is 0.727. The number of likely N-dealkylation sites (N-methyl/N-ethyl adjacent to an activating group) is 1. The first-order valence-electron chi connectivity index (χ1n) is 6.50. The van der Waals surface area contributed by atoms with Gasteiger partial charge in [0.2, 0.25) is 0 Å². The highest BCUT2D eigenvalue weighted by atomic mass is 16.5. The Kier molecular flexibility index (Phi) is 5.57. The molecule has 0 saturated carbocycles. The first kappa shape index (κ1) is 15.7. The number of aliphatic hydroxyl groups is 1. The van der Waals surface area contributed by atoms with Crippen LogP contribution in [0.15, 0.2) is 18.9 Å². The van der Waals surface area contributed by atoms with Crippen LogP contribution in [0.2, 0.25) is 0 Å². The zero-order valence-corrected chi connectivity index (χ0v) is 12.4. The molecule has 1 N–H and O–H groups in total. The second-order valence-corrected chi connectivity index (χ2v) is 5.19. The molecule has 108 valence electrons. The molecule has 0 fully saturated rings. The van der Waals surface area contributed by atoms with E-state index in [1.165, 1.54) is 0 Å². The molecular formula is C14H25N3O2. The van der Waals surface area contributed by atoms with E-state index in [1.54, 1.807) is 20.2 Å². The minimum atomic E-state index is -0.970. The maximum absolute atomic E-state index is 10.7. The van der Waals surface area contributed by atoms with Gasteiger partial charge in [-0.25, -0.2) is 0 Å². The lowest BCUT2D eigenvalue weighted by Gasteiger charge is -2.25. The van der Waals surface area contributed by atoms with Gasteiger partial charge < -0.3 is 14.7 Å². The monoisotopic (exact) mass is 267 g/mol. The first-order valence-corrected chi connectivity index (χ1v) is 6.50. The van der Waals surface area contributed by atoms with Crippen LogP contribution >= 0.6 is 0 Å². The molecule has 0 aliphatic heterocycles. The maximum Gasteiger partial charge on any atom is 0.162 e. The lowest BCUT2D eigenvalue weighted by Crippen LogP contribution is -2.28. The Balaban J connectivity index is 3.00. The van der Waals surface area contributed by atoms with Gasteiger partial charge >= 0.3 is 0 Å². The van der Waals surface area contributed by atoms with Crippen molar-refractivity contribution in [2.45, 2.75) is 31.9 Å². The van der Waals surface area contributed by atoms with E-state index in [9.17, 15) is 5.11 Å². The van der Waals surface area contributed by atoms with Crippen LogP contribution in [0.5, 0.6) is 5.75 Å². The van der Waals surface area contributed by atoms with Crippen LogP contribution in [-0.4, -0.2) is 47.5 Å². The summed E-state index contributed by atoms with van der Waals surface area (Å²) in [6.07, 6.45) is 4.81. The van der Waals surface area contributed by atoms with Crippen molar-refractivity contribution in [2.75, 3.05) is 27.7 Å². The van der Waals surface area contributed by atoms with Gasteiger partial charge in [-0.15, -0.1) is 6.58 Å². The van der Waals surface area contributed by atoms with E-state index >= 15 is 0 Å². The molecule has 0 radical (unpaired) electrons. The summed E-state index contributed by atoms with van der Waals surface area (Å²) < 4.78 is 7.14. The molecule has 0 aliphatic carbocycles. The lowest BCUT2D eigenvalue weighted by molar-refractivity contribution is 0.0364.